The molecular formula is C11H10BrCl3O2. The van der Waals surface area contributed by atoms with E-state index in [0.29, 0.717) is 25.6 Å². The van der Waals surface area contributed by atoms with Crippen LogP contribution in [0.1, 0.15) is 6.42 Å². The van der Waals surface area contributed by atoms with Gasteiger partial charge >= 0.3 is 0 Å². The number of ether oxygens (including phenoxy) is 2. The lowest BCUT2D eigenvalue weighted by atomic mass is 9.91. The van der Waals surface area contributed by atoms with Gasteiger partial charge in [0, 0.05) is 23.4 Å². The molecule has 1 aromatic carbocycles. The van der Waals surface area contributed by atoms with Crippen molar-refractivity contribution in [3.63, 3.8) is 0 Å². The third-order valence-electron chi connectivity index (χ3n) is 2.68. The van der Waals surface area contributed by atoms with Crippen LogP contribution in [0.2, 0.25) is 15.1 Å². The van der Waals surface area contributed by atoms with Crippen LogP contribution in [0.3, 0.4) is 0 Å². The molecule has 0 bridgehead atoms. The predicted molar refractivity (Wildman–Crippen MR) is 74.0 cm³/mol. The van der Waals surface area contributed by atoms with Crippen molar-refractivity contribution < 1.29 is 9.47 Å². The van der Waals surface area contributed by atoms with Gasteiger partial charge in [0.15, 0.2) is 5.75 Å². The maximum absolute atomic E-state index is 6.04. The highest BCUT2D eigenvalue weighted by Gasteiger charge is 2.42. The molecule has 0 heterocycles. The number of halogens is 4. The average molecular weight is 360 g/mol. The molecule has 6 heteroatoms. The van der Waals surface area contributed by atoms with Crippen LogP contribution in [0.15, 0.2) is 12.1 Å². The molecule has 2 rings (SSSR count). The first-order chi connectivity index (χ1) is 8.02. The minimum Gasteiger partial charge on any atom is -0.484 e. The Labute approximate surface area is 123 Å². The van der Waals surface area contributed by atoms with Gasteiger partial charge in [0.2, 0.25) is 0 Å². The second-order valence-electron chi connectivity index (χ2n) is 3.81. The summed E-state index contributed by atoms with van der Waals surface area (Å²) in [5.74, 6) is 0.462. The number of benzene rings is 1. The van der Waals surface area contributed by atoms with Crippen LogP contribution >= 0.6 is 50.7 Å². The van der Waals surface area contributed by atoms with E-state index in [1.165, 1.54) is 0 Å². The normalized spacial score (nSPS) is 27.7. The van der Waals surface area contributed by atoms with Gasteiger partial charge in [-0.05, 0) is 12.1 Å². The molecule has 3 unspecified atom stereocenters. The number of rotatable bonds is 3. The van der Waals surface area contributed by atoms with Crippen molar-refractivity contribution in [1.82, 2.24) is 0 Å². The first-order valence-corrected chi connectivity index (χ1v) is 7.06. The van der Waals surface area contributed by atoms with E-state index >= 15 is 0 Å². The molecule has 1 aliphatic carbocycles. The summed E-state index contributed by atoms with van der Waals surface area (Å²) in [7, 11) is 1.65. The van der Waals surface area contributed by atoms with E-state index < -0.39 is 0 Å². The fourth-order valence-corrected chi connectivity index (χ4v) is 3.57. The van der Waals surface area contributed by atoms with E-state index in [4.69, 9.17) is 44.3 Å². The van der Waals surface area contributed by atoms with Crippen molar-refractivity contribution in [3.8, 4) is 5.75 Å². The maximum atomic E-state index is 6.04. The monoisotopic (exact) mass is 358 g/mol. The van der Waals surface area contributed by atoms with Crippen molar-refractivity contribution in [2.75, 3.05) is 7.11 Å². The lowest BCUT2D eigenvalue weighted by molar-refractivity contribution is -0.0544. The summed E-state index contributed by atoms with van der Waals surface area (Å²) in [6.45, 7) is 0. The van der Waals surface area contributed by atoms with Crippen LogP contribution in [0.25, 0.3) is 0 Å². The Morgan fingerprint density at radius 2 is 1.82 bits per heavy atom. The van der Waals surface area contributed by atoms with Crippen molar-refractivity contribution in [2.24, 2.45) is 0 Å². The Bertz CT molecular complexity index is 404. The van der Waals surface area contributed by atoms with E-state index in [-0.39, 0.29) is 12.2 Å². The van der Waals surface area contributed by atoms with Gasteiger partial charge in [0.25, 0.3) is 0 Å². The molecule has 2 nitrogen and oxygen atoms in total. The molecule has 1 fully saturated rings. The summed E-state index contributed by atoms with van der Waals surface area (Å²) >= 11 is 21.4. The van der Waals surface area contributed by atoms with Crippen LogP contribution in [0, 0.1) is 0 Å². The largest absolute Gasteiger partial charge is 0.484 e. The summed E-state index contributed by atoms with van der Waals surface area (Å²) in [4.78, 5) is 0.308. The first kappa shape index (κ1) is 13.8. The summed E-state index contributed by atoms with van der Waals surface area (Å²) in [6.07, 6.45) is 0.826. The molecule has 0 amide bonds. The standard InChI is InChI=1S/C11H10BrCl3O2/c1-16-10-6(12)4-9(10)17-11-7(14)2-5(13)3-8(11)15/h2-3,6,9-10H,4H2,1H3. The van der Waals surface area contributed by atoms with E-state index in [1.54, 1.807) is 19.2 Å². The lowest BCUT2D eigenvalue weighted by Gasteiger charge is -2.40. The Morgan fingerprint density at radius 1 is 1.24 bits per heavy atom. The number of hydrogen-bond donors (Lipinski definition) is 0. The Balaban J connectivity index is 2.14. The summed E-state index contributed by atoms with van der Waals surface area (Å²) in [6, 6.07) is 3.22. The Hall–Kier alpha value is 0.330. The highest BCUT2D eigenvalue weighted by atomic mass is 79.9. The fourth-order valence-electron chi connectivity index (χ4n) is 1.73. The fraction of sp³-hybridized carbons (Fsp3) is 0.455. The molecule has 0 saturated heterocycles. The third kappa shape index (κ3) is 2.85. The molecule has 1 aromatic rings. The lowest BCUT2D eigenvalue weighted by Crippen LogP contribution is -2.51. The second kappa shape index (κ2) is 5.54. The number of alkyl halides is 1. The van der Waals surface area contributed by atoms with Gasteiger partial charge in [0.1, 0.15) is 12.2 Å². The van der Waals surface area contributed by atoms with Gasteiger partial charge in [-0.25, -0.2) is 0 Å². The zero-order valence-corrected chi connectivity index (χ0v) is 12.8. The van der Waals surface area contributed by atoms with Crippen molar-refractivity contribution in [1.29, 1.82) is 0 Å². The van der Waals surface area contributed by atoms with Crippen LogP contribution < -0.4 is 4.74 Å². The topological polar surface area (TPSA) is 18.5 Å². The molecule has 1 saturated carbocycles. The SMILES string of the molecule is COC1C(Br)CC1Oc1c(Cl)cc(Cl)cc1Cl. The molecule has 0 N–H and O–H groups in total. The minimum absolute atomic E-state index is 0.0119. The molecular weight excluding hydrogens is 350 g/mol. The Morgan fingerprint density at radius 3 is 2.29 bits per heavy atom. The highest BCUT2D eigenvalue weighted by Crippen LogP contribution is 2.40. The molecule has 1 aliphatic rings. The molecule has 3 atom stereocenters. The van der Waals surface area contributed by atoms with Crippen LogP contribution in [-0.2, 0) is 4.74 Å². The van der Waals surface area contributed by atoms with Crippen molar-refractivity contribution in [2.45, 2.75) is 23.5 Å². The van der Waals surface area contributed by atoms with Crippen LogP contribution in [0.4, 0.5) is 0 Å². The third-order valence-corrected chi connectivity index (χ3v) is 4.36. The van der Waals surface area contributed by atoms with Gasteiger partial charge in [-0.3, -0.25) is 0 Å². The minimum atomic E-state index is -0.0412. The summed E-state index contributed by atoms with van der Waals surface area (Å²) in [5, 5.41) is 1.31. The number of hydrogen-bond acceptors (Lipinski definition) is 2. The van der Waals surface area contributed by atoms with Crippen molar-refractivity contribution >= 4 is 50.7 Å². The zero-order valence-electron chi connectivity index (χ0n) is 8.92. The second-order valence-corrected chi connectivity index (χ2v) is 6.23. The van der Waals surface area contributed by atoms with E-state index in [1.807, 2.05) is 0 Å². The highest BCUT2D eigenvalue weighted by molar-refractivity contribution is 9.09. The summed E-state index contributed by atoms with van der Waals surface area (Å²) in [5.41, 5.74) is 0. The predicted octanol–water partition coefficient (Wildman–Crippen LogP) is 4.58. The van der Waals surface area contributed by atoms with Gasteiger partial charge in [-0.1, -0.05) is 50.7 Å². The average Bonchev–Trinajstić information content (AvgIpc) is 2.21. The number of methoxy groups -OCH3 is 1. The molecule has 94 valence electrons. The van der Waals surface area contributed by atoms with Crippen LogP contribution in [-0.4, -0.2) is 24.1 Å². The molecule has 0 spiro atoms. The van der Waals surface area contributed by atoms with E-state index in [9.17, 15) is 0 Å². The smallest absolute Gasteiger partial charge is 0.157 e. The zero-order chi connectivity index (χ0) is 12.6. The van der Waals surface area contributed by atoms with E-state index in [0.717, 1.165) is 6.42 Å². The molecule has 0 aliphatic heterocycles. The quantitative estimate of drug-likeness (QED) is 0.735. The van der Waals surface area contributed by atoms with Gasteiger partial charge in [-0.15, -0.1) is 0 Å². The van der Waals surface area contributed by atoms with E-state index in [2.05, 4.69) is 15.9 Å². The van der Waals surface area contributed by atoms with Gasteiger partial charge < -0.3 is 9.47 Å². The van der Waals surface area contributed by atoms with Crippen LogP contribution in [0.5, 0.6) is 5.75 Å². The van der Waals surface area contributed by atoms with Gasteiger partial charge in [0.05, 0.1) is 10.0 Å². The summed E-state index contributed by atoms with van der Waals surface area (Å²) < 4.78 is 11.1. The van der Waals surface area contributed by atoms with Crippen molar-refractivity contribution in [3.05, 3.63) is 27.2 Å². The molecule has 0 aromatic heterocycles. The maximum Gasteiger partial charge on any atom is 0.157 e. The first-order valence-electron chi connectivity index (χ1n) is 5.01. The molecule has 17 heavy (non-hydrogen) atoms. The van der Waals surface area contributed by atoms with Gasteiger partial charge in [-0.2, -0.15) is 0 Å². The molecule has 0 radical (unpaired) electrons. The Kier molecular flexibility index (Phi) is 4.48.